The van der Waals surface area contributed by atoms with Crippen LogP contribution >= 0.6 is 0 Å². The van der Waals surface area contributed by atoms with E-state index in [1.165, 1.54) is 6.07 Å². The SMILES string of the molecule is CCCn1c(CC(CC)CN)nc2ccc(F)cc21. The Morgan fingerprint density at radius 3 is 2.79 bits per heavy atom. The number of halogens is 1. The molecule has 1 aromatic heterocycles. The number of benzene rings is 1. The number of aromatic nitrogens is 2. The van der Waals surface area contributed by atoms with Crippen LogP contribution in [0.1, 0.15) is 32.5 Å². The molecular weight excluding hydrogens is 241 g/mol. The van der Waals surface area contributed by atoms with E-state index < -0.39 is 0 Å². The van der Waals surface area contributed by atoms with Gasteiger partial charge in [-0.15, -0.1) is 0 Å². The molecule has 104 valence electrons. The molecule has 0 aliphatic rings. The Balaban J connectivity index is 2.44. The molecule has 1 heterocycles. The summed E-state index contributed by atoms with van der Waals surface area (Å²) in [4.78, 5) is 4.65. The number of rotatable bonds is 6. The molecule has 0 saturated carbocycles. The van der Waals surface area contributed by atoms with Gasteiger partial charge in [0.2, 0.25) is 0 Å². The third-order valence-corrected chi connectivity index (χ3v) is 3.62. The minimum absolute atomic E-state index is 0.206. The Bertz CT molecular complexity index is 544. The third-order valence-electron chi connectivity index (χ3n) is 3.62. The van der Waals surface area contributed by atoms with Crippen LogP contribution in [0.25, 0.3) is 11.0 Å². The number of fused-ring (bicyclic) bond motifs is 1. The average molecular weight is 263 g/mol. The van der Waals surface area contributed by atoms with Gasteiger partial charge in [0.1, 0.15) is 11.6 Å². The Morgan fingerprint density at radius 1 is 1.37 bits per heavy atom. The lowest BCUT2D eigenvalue weighted by atomic mass is 10.0. The highest BCUT2D eigenvalue weighted by molar-refractivity contribution is 5.76. The van der Waals surface area contributed by atoms with Gasteiger partial charge in [-0.05, 0) is 37.1 Å². The molecule has 3 nitrogen and oxygen atoms in total. The molecule has 0 amide bonds. The molecule has 1 unspecified atom stereocenters. The van der Waals surface area contributed by atoms with Crippen molar-refractivity contribution in [3.63, 3.8) is 0 Å². The van der Waals surface area contributed by atoms with Crippen molar-refractivity contribution in [2.24, 2.45) is 11.7 Å². The van der Waals surface area contributed by atoms with Crippen LogP contribution in [0.4, 0.5) is 4.39 Å². The van der Waals surface area contributed by atoms with Crippen molar-refractivity contribution >= 4 is 11.0 Å². The van der Waals surface area contributed by atoms with E-state index in [4.69, 9.17) is 5.73 Å². The van der Waals surface area contributed by atoms with Crippen LogP contribution in [0.5, 0.6) is 0 Å². The van der Waals surface area contributed by atoms with Gasteiger partial charge in [0.05, 0.1) is 11.0 Å². The molecule has 0 bridgehead atoms. The Kier molecular flexibility index (Phi) is 4.53. The van der Waals surface area contributed by atoms with Crippen molar-refractivity contribution in [3.05, 3.63) is 29.8 Å². The Labute approximate surface area is 113 Å². The predicted octanol–water partition coefficient (Wildman–Crippen LogP) is 3.11. The molecule has 0 spiro atoms. The van der Waals surface area contributed by atoms with Crippen molar-refractivity contribution in [2.75, 3.05) is 6.54 Å². The van der Waals surface area contributed by atoms with Gasteiger partial charge in [-0.25, -0.2) is 9.37 Å². The number of nitrogens with two attached hydrogens (primary N) is 1. The van der Waals surface area contributed by atoms with Crippen molar-refractivity contribution in [3.8, 4) is 0 Å². The molecule has 2 rings (SSSR count). The van der Waals surface area contributed by atoms with Crippen LogP contribution < -0.4 is 5.73 Å². The monoisotopic (exact) mass is 263 g/mol. The van der Waals surface area contributed by atoms with E-state index in [0.29, 0.717) is 12.5 Å². The van der Waals surface area contributed by atoms with Gasteiger partial charge in [-0.3, -0.25) is 0 Å². The fraction of sp³-hybridized carbons (Fsp3) is 0.533. The first-order valence-electron chi connectivity index (χ1n) is 7.04. The molecule has 0 aliphatic heterocycles. The molecule has 2 aromatic rings. The summed E-state index contributed by atoms with van der Waals surface area (Å²) in [6, 6.07) is 4.80. The van der Waals surface area contributed by atoms with Gasteiger partial charge < -0.3 is 10.3 Å². The second-order valence-corrected chi connectivity index (χ2v) is 5.03. The normalized spacial score (nSPS) is 13.1. The number of imidazole rings is 1. The van der Waals surface area contributed by atoms with Crippen molar-refractivity contribution in [1.29, 1.82) is 0 Å². The van der Waals surface area contributed by atoms with Crippen LogP contribution in [-0.2, 0) is 13.0 Å². The highest BCUT2D eigenvalue weighted by Crippen LogP contribution is 2.21. The molecule has 19 heavy (non-hydrogen) atoms. The second-order valence-electron chi connectivity index (χ2n) is 5.03. The summed E-state index contributed by atoms with van der Waals surface area (Å²) >= 11 is 0. The molecule has 4 heteroatoms. The molecule has 1 atom stereocenters. The maximum Gasteiger partial charge on any atom is 0.125 e. The summed E-state index contributed by atoms with van der Waals surface area (Å²) in [5.41, 5.74) is 7.54. The van der Waals surface area contributed by atoms with Crippen LogP contribution in [-0.4, -0.2) is 16.1 Å². The number of nitrogens with zero attached hydrogens (tertiary/aromatic N) is 2. The molecular formula is C15H22FN3. The van der Waals surface area contributed by atoms with Gasteiger partial charge in [0, 0.05) is 13.0 Å². The van der Waals surface area contributed by atoms with E-state index in [0.717, 1.165) is 42.7 Å². The quantitative estimate of drug-likeness (QED) is 0.870. The van der Waals surface area contributed by atoms with Crippen LogP contribution in [0.15, 0.2) is 18.2 Å². The summed E-state index contributed by atoms with van der Waals surface area (Å²) in [5.74, 6) is 1.26. The summed E-state index contributed by atoms with van der Waals surface area (Å²) in [6.07, 6.45) is 2.91. The van der Waals surface area contributed by atoms with E-state index in [2.05, 4.69) is 23.4 Å². The number of aryl methyl sites for hydroxylation is 1. The summed E-state index contributed by atoms with van der Waals surface area (Å²) < 4.78 is 15.5. The van der Waals surface area contributed by atoms with Crippen molar-refractivity contribution in [2.45, 2.75) is 39.7 Å². The van der Waals surface area contributed by atoms with Crippen molar-refractivity contribution < 1.29 is 4.39 Å². The maximum absolute atomic E-state index is 13.4. The predicted molar refractivity (Wildman–Crippen MR) is 76.5 cm³/mol. The summed E-state index contributed by atoms with van der Waals surface area (Å²) in [5, 5.41) is 0. The molecule has 1 aromatic carbocycles. The van der Waals surface area contributed by atoms with Crippen molar-refractivity contribution in [1.82, 2.24) is 9.55 Å². The first-order chi connectivity index (χ1) is 9.19. The van der Waals surface area contributed by atoms with Gasteiger partial charge in [0.25, 0.3) is 0 Å². The van der Waals surface area contributed by atoms with E-state index in [1.54, 1.807) is 12.1 Å². The zero-order valence-corrected chi connectivity index (χ0v) is 11.7. The minimum atomic E-state index is -0.206. The van der Waals surface area contributed by atoms with Crippen LogP contribution in [0.3, 0.4) is 0 Å². The first-order valence-corrected chi connectivity index (χ1v) is 7.04. The fourth-order valence-electron chi connectivity index (χ4n) is 2.43. The Morgan fingerprint density at radius 2 is 2.16 bits per heavy atom. The fourth-order valence-corrected chi connectivity index (χ4v) is 2.43. The average Bonchev–Trinajstić information content (AvgIpc) is 2.74. The van der Waals surface area contributed by atoms with Gasteiger partial charge in [-0.1, -0.05) is 20.3 Å². The molecule has 0 radical (unpaired) electrons. The molecule has 0 saturated heterocycles. The number of hydrogen-bond donors (Lipinski definition) is 1. The smallest absolute Gasteiger partial charge is 0.125 e. The van der Waals surface area contributed by atoms with E-state index >= 15 is 0 Å². The van der Waals surface area contributed by atoms with Gasteiger partial charge in [-0.2, -0.15) is 0 Å². The van der Waals surface area contributed by atoms with E-state index in [9.17, 15) is 4.39 Å². The lowest BCUT2D eigenvalue weighted by Gasteiger charge is -2.13. The third kappa shape index (κ3) is 2.95. The zero-order chi connectivity index (χ0) is 13.8. The first kappa shape index (κ1) is 14.0. The molecule has 2 N–H and O–H groups in total. The largest absolute Gasteiger partial charge is 0.330 e. The Hall–Kier alpha value is -1.42. The highest BCUT2D eigenvalue weighted by Gasteiger charge is 2.14. The second kappa shape index (κ2) is 6.15. The van der Waals surface area contributed by atoms with E-state index in [-0.39, 0.29) is 5.82 Å². The lowest BCUT2D eigenvalue weighted by Crippen LogP contribution is -2.18. The number of hydrogen-bond acceptors (Lipinski definition) is 2. The van der Waals surface area contributed by atoms with Gasteiger partial charge >= 0.3 is 0 Å². The van der Waals surface area contributed by atoms with E-state index in [1.807, 2.05) is 0 Å². The maximum atomic E-state index is 13.4. The minimum Gasteiger partial charge on any atom is -0.330 e. The summed E-state index contributed by atoms with van der Waals surface area (Å²) in [7, 11) is 0. The lowest BCUT2D eigenvalue weighted by molar-refractivity contribution is 0.490. The van der Waals surface area contributed by atoms with Crippen LogP contribution in [0, 0.1) is 11.7 Å². The highest BCUT2D eigenvalue weighted by atomic mass is 19.1. The standard InChI is InChI=1S/C15H22FN3/c1-3-7-19-14-9-12(16)5-6-13(14)18-15(19)8-11(4-2)10-17/h5-6,9,11H,3-4,7-8,10,17H2,1-2H3. The topological polar surface area (TPSA) is 43.8 Å². The molecule has 0 fully saturated rings. The summed E-state index contributed by atoms with van der Waals surface area (Å²) in [6.45, 7) is 5.80. The zero-order valence-electron chi connectivity index (χ0n) is 11.7. The van der Waals surface area contributed by atoms with Crippen LogP contribution in [0.2, 0.25) is 0 Å². The molecule has 0 aliphatic carbocycles. The van der Waals surface area contributed by atoms with Gasteiger partial charge in [0.15, 0.2) is 0 Å².